The average molecular weight is 224 g/mol. The van der Waals surface area contributed by atoms with Gasteiger partial charge in [-0.3, -0.25) is 0 Å². The van der Waals surface area contributed by atoms with Crippen LogP contribution in [-0.2, 0) is 0 Å². The van der Waals surface area contributed by atoms with Crippen molar-refractivity contribution in [2.75, 3.05) is 0 Å². The predicted molar refractivity (Wildman–Crippen MR) is 70.6 cm³/mol. The number of aliphatic hydroxyl groups excluding tert-OH is 1. The number of hydrogen-bond donors (Lipinski definition) is 1. The van der Waals surface area contributed by atoms with Gasteiger partial charge in [-0.05, 0) is 32.1 Å². The van der Waals surface area contributed by atoms with Crippen LogP contribution >= 0.6 is 0 Å². The maximum absolute atomic E-state index is 9.50. The summed E-state index contributed by atoms with van der Waals surface area (Å²) < 4.78 is 0. The van der Waals surface area contributed by atoms with Crippen molar-refractivity contribution >= 4 is 0 Å². The molecule has 1 heteroatoms. The molecular weight excluding hydrogens is 196 g/mol. The van der Waals surface area contributed by atoms with Gasteiger partial charge in [-0.25, -0.2) is 0 Å². The Morgan fingerprint density at radius 3 is 2.50 bits per heavy atom. The lowest BCUT2D eigenvalue weighted by Crippen LogP contribution is -2.08. The predicted octanol–water partition coefficient (Wildman–Crippen LogP) is 4.60. The van der Waals surface area contributed by atoms with Gasteiger partial charge in [0.05, 0.1) is 6.10 Å². The van der Waals surface area contributed by atoms with Crippen LogP contribution < -0.4 is 0 Å². The van der Waals surface area contributed by atoms with Gasteiger partial charge in [0.25, 0.3) is 0 Å². The lowest BCUT2D eigenvalue weighted by atomic mass is 9.93. The zero-order valence-corrected chi connectivity index (χ0v) is 10.9. The van der Waals surface area contributed by atoms with Crippen molar-refractivity contribution in [3.8, 4) is 0 Å². The van der Waals surface area contributed by atoms with E-state index in [0.29, 0.717) is 0 Å². The monoisotopic (exact) mass is 224 g/mol. The summed E-state index contributed by atoms with van der Waals surface area (Å²) in [4.78, 5) is 0. The quantitative estimate of drug-likeness (QED) is 0.472. The zero-order valence-electron chi connectivity index (χ0n) is 10.9. The lowest BCUT2D eigenvalue weighted by Gasteiger charge is -2.16. The summed E-state index contributed by atoms with van der Waals surface area (Å²) in [5.41, 5.74) is 1.51. The fourth-order valence-electron chi connectivity index (χ4n) is 2.49. The maximum atomic E-state index is 9.50. The molecule has 1 rings (SSSR count). The SMILES string of the molecule is CCCCCCCCCC1=CC(O)CCC1. The Kier molecular flexibility index (Phi) is 7.58. The Balaban J connectivity index is 1.94. The second kappa shape index (κ2) is 8.81. The van der Waals surface area contributed by atoms with Crippen LogP contribution in [0.1, 0.15) is 77.6 Å². The summed E-state index contributed by atoms with van der Waals surface area (Å²) in [6, 6.07) is 0. The minimum absolute atomic E-state index is 0.145. The molecule has 1 atom stereocenters. The van der Waals surface area contributed by atoms with Crippen molar-refractivity contribution < 1.29 is 5.11 Å². The third-order valence-electron chi connectivity index (χ3n) is 3.53. The van der Waals surface area contributed by atoms with Crippen molar-refractivity contribution in [3.63, 3.8) is 0 Å². The van der Waals surface area contributed by atoms with Crippen LogP contribution in [0.3, 0.4) is 0 Å². The summed E-state index contributed by atoms with van der Waals surface area (Å²) in [7, 11) is 0. The van der Waals surface area contributed by atoms with Crippen LogP contribution in [0, 0.1) is 0 Å². The average Bonchev–Trinajstić information content (AvgIpc) is 2.28. The summed E-state index contributed by atoms with van der Waals surface area (Å²) in [5, 5.41) is 9.50. The fraction of sp³-hybridized carbons (Fsp3) is 0.867. The largest absolute Gasteiger partial charge is 0.389 e. The summed E-state index contributed by atoms with van der Waals surface area (Å²) in [5.74, 6) is 0. The fourth-order valence-corrected chi connectivity index (χ4v) is 2.49. The number of aliphatic hydroxyl groups is 1. The third-order valence-corrected chi connectivity index (χ3v) is 3.53. The molecule has 1 aliphatic rings. The standard InChI is InChI=1S/C15H28O/c1-2-3-4-5-6-7-8-10-14-11-9-12-15(16)13-14/h13,15-16H,2-12H2,1H3. The van der Waals surface area contributed by atoms with E-state index in [1.165, 1.54) is 69.8 Å². The first kappa shape index (κ1) is 13.8. The second-order valence-corrected chi connectivity index (χ2v) is 5.16. The molecule has 16 heavy (non-hydrogen) atoms. The van der Waals surface area contributed by atoms with Gasteiger partial charge < -0.3 is 5.11 Å². The Labute approximate surface area is 101 Å². The molecule has 0 fully saturated rings. The summed E-state index contributed by atoms with van der Waals surface area (Å²) in [6.07, 6.45) is 16.2. The smallest absolute Gasteiger partial charge is 0.0723 e. The summed E-state index contributed by atoms with van der Waals surface area (Å²) in [6.45, 7) is 2.26. The highest BCUT2D eigenvalue weighted by atomic mass is 16.3. The molecule has 0 aromatic carbocycles. The van der Waals surface area contributed by atoms with E-state index in [1.807, 2.05) is 0 Å². The van der Waals surface area contributed by atoms with Gasteiger partial charge in [0.2, 0.25) is 0 Å². The number of rotatable bonds is 8. The number of unbranched alkanes of at least 4 members (excludes halogenated alkanes) is 6. The van der Waals surface area contributed by atoms with Gasteiger partial charge in [0, 0.05) is 0 Å². The molecule has 94 valence electrons. The number of hydrogen-bond acceptors (Lipinski definition) is 1. The van der Waals surface area contributed by atoms with Crippen molar-refractivity contribution in [2.45, 2.75) is 83.7 Å². The van der Waals surface area contributed by atoms with Crippen LogP contribution in [-0.4, -0.2) is 11.2 Å². The van der Waals surface area contributed by atoms with Gasteiger partial charge in [0.15, 0.2) is 0 Å². The van der Waals surface area contributed by atoms with Crippen molar-refractivity contribution in [2.24, 2.45) is 0 Å². The number of allylic oxidation sites excluding steroid dienone is 1. The molecule has 0 spiro atoms. The molecule has 1 unspecified atom stereocenters. The van der Waals surface area contributed by atoms with Gasteiger partial charge in [-0.1, -0.05) is 57.1 Å². The van der Waals surface area contributed by atoms with Crippen LogP contribution in [0.25, 0.3) is 0 Å². The first-order valence-corrected chi connectivity index (χ1v) is 7.20. The van der Waals surface area contributed by atoms with E-state index >= 15 is 0 Å². The van der Waals surface area contributed by atoms with Crippen LogP contribution in [0.5, 0.6) is 0 Å². The summed E-state index contributed by atoms with van der Waals surface area (Å²) >= 11 is 0. The van der Waals surface area contributed by atoms with E-state index in [9.17, 15) is 5.11 Å². The Morgan fingerprint density at radius 2 is 1.81 bits per heavy atom. The molecule has 0 bridgehead atoms. The minimum atomic E-state index is -0.145. The molecule has 0 aliphatic heterocycles. The van der Waals surface area contributed by atoms with E-state index in [1.54, 1.807) is 0 Å². The molecule has 0 aromatic heterocycles. The van der Waals surface area contributed by atoms with Crippen LogP contribution in [0.2, 0.25) is 0 Å². The lowest BCUT2D eigenvalue weighted by molar-refractivity contribution is 0.201. The Morgan fingerprint density at radius 1 is 1.12 bits per heavy atom. The van der Waals surface area contributed by atoms with Crippen molar-refractivity contribution in [1.82, 2.24) is 0 Å². The molecule has 0 aromatic rings. The van der Waals surface area contributed by atoms with Gasteiger partial charge >= 0.3 is 0 Å². The molecule has 1 nitrogen and oxygen atoms in total. The zero-order chi connectivity index (χ0) is 11.6. The molecule has 0 heterocycles. The second-order valence-electron chi connectivity index (χ2n) is 5.16. The normalized spacial score (nSPS) is 20.9. The Bertz CT molecular complexity index is 196. The molecule has 1 aliphatic carbocycles. The molecule has 0 radical (unpaired) electrons. The highest BCUT2D eigenvalue weighted by molar-refractivity contribution is 5.08. The topological polar surface area (TPSA) is 20.2 Å². The first-order chi connectivity index (χ1) is 7.83. The minimum Gasteiger partial charge on any atom is -0.389 e. The highest BCUT2D eigenvalue weighted by Gasteiger charge is 2.09. The van der Waals surface area contributed by atoms with Crippen molar-refractivity contribution in [1.29, 1.82) is 0 Å². The van der Waals surface area contributed by atoms with Crippen LogP contribution in [0.15, 0.2) is 11.6 Å². The third kappa shape index (κ3) is 6.32. The molecule has 0 amide bonds. The van der Waals surface area contributed by atoms with E-state index in [-0.39, 0.29) is 6.10 Å². The van der Waals surface area contributed by atoms with Crippen LogP contribution in [0.4, 0.5) is 0 Å². The van der Waals surface area contributed by atoms with E-state index in [0.717, 1.165) is 6.42 Å². The van der Waals surface area contributed by atoms with Gasteiger partial charge in [-0.15, -0.1) is 0 Å². The van der Waals surface area contributed by atoms with E-state index < -0.39 is 0 Å². The molecule has 0 saturated carbocycles. The maximum Gasteiger partial charge on any atom is 0.0723 e. The first-order valence-electron chi connectivity index (χ1n) is 7.20. The van der Waals surface area contributed by atoms with E-state index in [2.05, 4.69) is 13.0 Å². The van der Waals surface area contributed by atoms with E-state index in [4.69, 9.17) is 0 Å². The molecule has 0 saturated heterocycles. The van der Waals surface area contributed by atoms with Crippen molar-refractivity contribution in [3.05, 3.63) is 11.6 Å². The Hall–Kier alpha value is -0.300. The van der Waals surface area contributed by atoms with Gasteiger partial charge in [-0.2, -0.15) is 0 Å². The molecule has 1 N–H and O–H groups in total. The highest BCUT2D eigenvalue weighted by Crippen LogP contribution is 2.22. The molecular formula is C15H28O. The van der Waals surface area contributed by atoms with Gasteiger partial charge in [0.1, 0.15) is 0 Å².